The Bertz CT molecular complexity index is 2920. The molecule has 0 aliphatic carbocycles. The molecule has 5 amide bonds. The van der Waals surface area contributed by atoms with Gasteiger partial charge in [0, 0.05) is 62.0 Å². The van der Waals surface area contributed by atoms with E-state index in [0.29, 0.717) is 57.4 Å². The molecular weight excluding hydrogens is 949 g/mol. The lowest BCUT2D eigenvalue weighted by Gasteiger charge is -2.37. The van der Waals surface area contributed by atoms with Crippen molar-refractivity contribution in [3.05, 3.63) is 108 Å². The molecule has 1 atom stereocenters. The fourth-order valence-corrected chi connectivity index (χ4v) is 10.2. The number of sulfone groups is 1. The number of benzene rings is 5. The van der Waals surface area contributed by atoms with Crippen LogP contribution in [0.5, 0.6) is 23.0 Å². The van der Waals surface area contributed by atoms with Crippen molar-refractivity contribution in [3.63, 3.8) is 0 Å². The number of amides is 5. The molecule has 0 bridgehead atoms. The Hall–Kier alpha value is -6.82. The zero-order valence-corrected chi connectivity index (χ0v) is 43.1. The van der Waals surface area contributed by atoms with Gasteiger partial charge in [-0.2, -0.15) is 0 Å². The van der Waals surface area contributed by atoms with Crippen LogP contribution in [0, 0.1) is 0 Å². The molecule has 5 aromatic carbocycles. The van der Waals surface area contributed by atoms with Gasteiger partial charge in [0.2, 0.25) is 17.7 Å². The average molecular weight is 1020 g/mol. The number of unbranched alkanes of at least 4 members (excludes halogenated alkanes) is 3. The molecule has 2 saturated heterocycles. The molecule has 0 radical (unpaired) electrons. The van der Waals surface area contributed by atoms with E-state index < -0.39 is 39.5 Å². The summed E-state index contributed by atoms with van der Waals surface area (Å²) in [5.74, 6) is 0.785. The van der Waals surface area contributed by atoms with Crippen molar-refractivity contribution in [1.29, 1.82) is 0 Å². The smallest absolute Gasteiger partial charge is 0.262 e. The molecule has 17 heteroatoms. The van der Waals surface area contributed by atoms with Crippen molar-refractivity contribution in [3.8, 4) is 34.1 Å². The zero-order valence-electron chi connectivity index (χ0n) is 42.3. The first-order valence-corrected chi connectivity index (χ1v) is 27.3. The maximum atomic E-state index is 13.3. The van der Waals surface area contributed by atoms with Gasteiger partial charge in [-0.15, -0.1) is 0 Å². The highest BCUT2D eigenvalue weighted by Crippen LogP contribution is 2.41. The Morgan fingerprint density at radius 3 is 2.11 bits per heavy atom. The maximum absolute atomic E-state index is 13.3. The first kappa shape index (κ1) is 52.5. The Labute approximate surface area is 428 Å². The number of hydrogen-bond acceptors (Lipinski definition) is 13. The lowest BCUT2D eigenvalue weighted by atomic mass is 9.99. The van der Waals surface area contributed by atoms with Crippen molar-refractivity contribution in [1.82, 2.24) is 24.9 Å². The van der Waals surface area contributed by atoms with Crippen LogP contribution in [-0.2, 0) is 24.2 Å². The topological polar surface area (TPSA) is 175 Å². The van der Waals surface area contributed by atoms with Gasteiger partial charge in [-0.25, -0.2) is 8.42 Å². The molecule has 0 saturated carbocycles. The highest BCUT2D eigenvalue weighted by Gasteiger charge is 2.45. The average Bonchev–Trinajstić information content (AvgIpc) is 3.63. The number of hydrogen-bond donors (Lipinski definition) is 1. The fraction of sp³-hybridized carbons (Fsp3) is 0.411. The lowest BCUT2D eigenvalue weighted by Crippen LogP contribution is -2.54. The Morgan fingerprint density at radius 1 is 0.712 bits per heavy atom. The van der Waals surface area contributed by atoms with Crippen molar-refractivity contribution in [2.24, 2.45) is 0 Å². The molecule has 73 heavy (non-hydrogen) atoms. The standard InChI is InChI=1S/C56H66N6O10S/c1-5-7-34-70-44-19-24-47-40(36-44)13-22-46(39-11-20-45(21-12-39)73(4,68)69)53(47)72-43-17-15-42(16-18-43)71-35-33-59(6-2)28-10-8-9-27-58(3)38-52(64)61-31-29-60(30-32-61)41-14-23-48-49(37-41)56(67)62(55(48)66)50-25-26-51(63)57-54(50)65/h11-24,36-37,50H,5-10,25-35,38H2,1-4H3,(H,57,63,65). The van der Waals surface area contributed by atoms with Crippen molar-refractivity contribution < 1.29 is 46.6 Å². The Kier molecular flexibility index (Phi) is 17.1. The van der Waals surface area contributed by atoms with E-state index in [1.807, 2.05) is 66.5 Å². The number of fused-ring (bicyclic) bond motifs is 2. The third-order valence-electron chi connectivity index (χ3n) is 13.8. The van der Waals surface area contributed by atoms with E-state index in [-0.39, 0.29) is 34.8 Å². The van der Waals surface area contributed by atoms with Gasteiger partial charge < -0.3 is 28.9 Å². The lowest BCUT2D eigenvalue weighted by molar-refractivity contribution is -0.136. The second-order valence-electron chi connectivity index (χ2n) is 19.0. The second kappa shape index (κ2) is 23.8. The van der Waals surface area contributed by atoms with Gasteiger partial charge in [-0.1, -0.05) is 44.9 Å². The number of likely N-dealkylation sites (N-methyl/N-ethyl adjacent to an activating group) is 2. The molecule has 1 unspecified atom stereocenters. The van der Waals surface area contributed by atoms with Crippen LogP contribution < -0.4 is 24.4 Å². The van der Waals surface area contributed by atoms with Gasteiger partial charge in [-0.05, 0) is 142 Å². The number of imide groups is 2. The molecule has 0 aromatic heterocycles. The number of piperazine rings is 1. The Morgan fingerprint density at radius 2 is 1.40 bits per heavy atom. The first-order valence-electron chi connectivity index (χ1n) is 25.4. The molecule has 5 aromatic rings. The summed E-state index contributed by atoms with van der Waals surface area (Å²) in [7, 11) is -1.37. The second-order valence-corrected chi connectivity index (χ2v) is 21.0. The molecule has 386 valence electrons. The van der Waals surface area contributed by atoms with Gasteiger partial charge in [0.25, 0.3) is 11.8 Å². The minimum absolute atomic E-state index is 0.0647. The molecule has 0 spiro atoms. The van der Waals surface area contributed by atoms with Crippen molar-refractivity contribution >= 4 is 55.8 Å². The number of piperidine rings is 1. The van der Waals surface area contributed by atoms with E-state index in [2.05, 4.69) is 33.9 Å². The van der Waals surface area contributed by atoms with Crippen LogP contribution >= 0.6 is 0 Å². The van der Waals surface area contributed by atoms with E-state index in [1.165, 1.54) is 6.26 Å². The van der Waals surface area contributed by atoms with Gasteiger partial charge >= 0.3 is 0 Å². The van der Waals surface area contributed by atoms with Gasteiger partial charge in [0.05, 0.1) is 29.2 Å². The summed E-state index contributed by atoms with van der Waals surface area (Å²) in [6, 6.07) is 28.6. The summed E-state index contributed by atoms with van der Waals surface area (Å²) in [5, 5.41) is 4.09. The zero-order chi connectivity index (χ0) is 51.6. The first-order chi connectivity index (χ1) is 35.2. The Balaban J connectivity index is 0.748. The van der Waals surface area contributed by atoms with Crippen LogP contribution in [0.25, 0.3) is 21.9 Å². The maximum Gasteiger partial charge on any atom is 0.262 e. The van der Waals surface area contributed by atoms with Crippen LogP contribution in [0.1, 0.15) is 79.5 Å². The fourth-order valence-electron chi connectivity index (χ4n) is 9.54. The summed E-state index contributed by atoms with van der Waals surface area (Å²) in [5.41, 5.74) is 2.92. The van der Waals surface area contributed by atoms with Crippen LogP contribution in [0.3, 0.4) is 0 Å². The van der Waals surface area contributed by atoms with Crippen LogP contribution in [0.2, 0.25) is 0 Å². The predicted octanol–water partition coefficient (Wildman–Crippen LogP) is 7.43. The summed E-state index contributed by atoms with van der Waals surface area (Å²) in [6.07, 6.45) is 6.44. The van der Waals surface area contributed by atoms with Gasteiger partial charge in [0.1, 0.15) is 35.6 Å². The predicted molar refractivity (Wildman–Crippen MR) is 280 cm³/mol. The third-order valence-corrected chi connectivity index (χ3v) is 14.9. The number of ether oxygens (including phenoxy) is 3. The minimum atomic E-state index is -3.35. The van der Waals surface area contributed by atoms with Crippen molar-refractivity contribution in [2.75, 3.05) is 90.3 Å². The monoisotopic (exact) mass is 1010 g/mol. The third kappa shape index (κ3) is 12.9. The molecule has 16 nitrogen and oxygen atoms in total. The molecule has 3 heterocycles. The van der Waals surface area contributed by atoms with Gasteiger partial charge in [0.15, 0.2) is 9.84 Å². The number of carbonyl (C=O) groups excluding carboxylic acids is 5. The van der Waals surface area contributed by atoms with E-state index in [4.69, 9.17) is 14.2 Å². The van der Waals surface area contributed by atoms with E-state index in [9.17, 15) is 32.4 Å². The highest BCUT2D eigenvalue weighted by molar-refractivity contribution is 7.90. The minimum Gasteiger partial charge on any atom is -0.494 e. The normalized spacial score (nSPS) is 16.1. The molecular formula is C56H66N6O10S. The number of rotatable bonds is 23. The summed E-state index contributed by atoms with van der Waals surface area (Å²) >= 11 is 0. The van der Waals surface area contributed by atoms with Crippen LogP contribution in [0.15, 0.2) is 102 Å². The van der Waals surface area contributed by atoms with Gasteiger partial charge in [-0.3, -0.25) is 39.1 Å². The largest absolute Gasteiger partial charge is 0.494 e. The van der Waals surface area contributed by atoms with E-state index in [1.54, 1.807) is 42.5 Å². The molecule has 3 aliphatic rings. The van der Waals surface area contributed by atoms with E-state index >= 15 is 0 Å². The molecule has 3 aliphatic heterocycles. The summed E-state index contributed by atoms with van der Waals surface area (Å²) in [4.78, 5) is 73.5. The number of carbonyl (C=O) groups is 5. The SMILES string of the molecule is CCCCOc1ccc2c(Oc3ccc(OCCN(CC)CCCCCN(C)CC(=O)N4CCN(c5ccc6c(c5)C(=O)N(C5CCC(=O)NC5=O)C6=O)CC4)cc3)c(-c3ccc(S(C)(=O)=O)cc3)ccc2c1. The van der Waals surface area contributed by atoms with Crippen LogP contribution in [-0.4, -0.2) is 149 Å². The molecule has 2 fully saturated rings. The number of anilines is 1. The van der Waals surface area contributed by atoms with Crippen LogP contribution in [0.4, 0.5) is 5.69 Å². The number of nitrogens with one attached hydrogen (secondary N) is 1. The molecule has 8 rings (SSSR count). The number of nitrogens with zero attached hydrogens (tertiary/aromatic N) is 5. The quantitative estimate of drug-likeness (QED) is 0.0506. The molecule has 1 N–H and O–H groups in total. The summed E-state index contributed by atoms with van der Waals surface area (Å²) in [6.45, 7) is 11.5. The highest BCUT2D eigenvalue weighted by atomic mass is 32.2. The van der Waals surface area contributed by atoms with E-state index in [0.717, 1.165) is 102 Å². The summed E-state index contributed by atoms with van der Waals surface area (Å²) < 4.78 is 43.2. The van der Waals surface area contributed by atoms with Crippen molar-refractivity contribution in [2.45, 2.75) is 69.7 Å².